The predicted octanol–water partition coefficient (Wildman–Crippen LogP) is 2.75. The molecule has 0 heterocycles. The van der Waals surface area contributed by atoms with Gasteiger partial charge in [-0.2, -0.15) is 0 Å². The molecule has 1 aromatic rings. The Bertz CT molecular complexity index is 573. The van der Waals surface area contributed by atoms with Gasteiger partial charge >= 0.3 is 12.0 Å². The van der Waals surface area contributed by atoms with Crippen LogP contribution in [0.25, 0.3) is 0 Å². The highest BCUT2D eigenvalue weighted by Crippen LogP contribution is 2.25. The molecule has 1 aliphatic rings. The van der Waals surface area contributed by atoms with Gasteiger partial charge in [-0.05, 0) is 44.0 Å². The van der Waals surface area contributed by atoms with E-state index in [-0.39, 0.29) is 30.7 Å². The maximum Gasteiger partial charge on any atom is 0.317 e. The van der Waals surface area contributed by atoms with Crippen LogP contribution in [0, 0.1) is 0 Å². The average Bonchev–Trinajstić information content (AvgIpc) is 2.48. The van der Waals surface area contributed by atoms with E-state index in [2.05, 4.69) is 26.6 Å². The molecular formula is C17H24BrN3O3. The van der Waals surface area contributed by atoms with Crippen molar-refractivity contribution in [2.45, 2.75) is 44.8 Å². The molecule has 24 heavy (non-hydrogen) atoms. The highest BCUT2D eigenvalue weighted by atomic mass is 79.9. The van der Waals surface area contributed by atoms with Gasteiger partial charge in [0.25, 0.3) is 0 Å². The Balaban J connectivity index is 1.74. The van der Waals surface area contributed by atoms with Crippen molar-refractivity contribution in [3.8, 4) is 0 Å². The van der Waals surface area contributed by atoms with Crippen LogP contribution in [0.3, 0.4) is 0 Å². The van der Waals surface area contributed by atoms with Crippen LogP contribution in [0.4, 0.5) is 4.79 Å². The number of hydrogen-bond acceptors (Lipinski definition) is 3. The monoisotopic (exact) mass is 397 g/mol. The number of carboxylic acids is 1. The standard InChI is InChI=1S/C17H24BrN3O3/c1-3-21(10-16(22)23)15-8-14(9-15)20-17(24)19-11(2)12-4-6-13(18)7-5-12/h4-7,11,14-15H,3,8-10H2,1-2H3,(H,22,23)(H2,19,20,24)/t11-,14?,15?/m0/s1. The van der Waals surface area contributed by atoms with Gasteiger partial charge in [-0.3, -0.25) is 9.69 Å². The minimum Gasteiger partial charge on any atom is -0.480 e. The molecule has 1 fully saturated rings. The van der Waals surface area contributed by atoms with Crippen molar-refractivity contribution < 1.29 is 14.7 Å². The van der Waals surface area contributed by atoms with E-state index >= 15 is 0 Å². The Labute approximate surface area is 150 Å². The molecule has 1 aromatic carbocycles. The summed E-state index contributed by atoms with van der Waals surface area (Å²) in [4.78, 5) is 24.8. The Kier molecular flexibility index (Phi) is 6.62. The van der Waals surface area contributed by atoms with E-state index in [9.17, 15) is 9.59 Å². The number of benzene rings is 1. The molecule has 1 atom stereocenters. The number of halogens is 1. The number of aliphatic carboxylic acids is 1. The molecule has 0 bridgehead atoms. The maximum absolute atomic E-state index is 12.1. The number of nitrogens with zero attached hydrogens (tertiary/aromatic N) is 1. The highest BCUT2D eigenvalue weighted by Gasteiger charge is 2.34. The van der Waals surface area contributed by atoms with Crippen molar-refractivity contribution in [2.75, 3.05) is 13.1 Å². The summed E-state index contributed by atoms with van der Waals surface area (Å²) in [6.45, 7) is 4.66. The Morgan fingerprint density at radius 3 is 2.50 bits per heavy atom. The first-order valence-electron chi connectivity index (χ1n) is 8.17. The van der Waals surface area contributed by atoms with Gasteiger partial charge in [-0.1, -0.05) is 35.0 Å². The number of likely N-dealkylation sites (N-methyl/N-ethyl adjacent to an activating group) is 1. The van der Waals surface area contributed by atoms with Crippen LogP contribution in [0.2, 0.25) is 0 Å². The third kappa shape index (κ3) is 5.21. The average molecular weight is 398 g/mol. The topological polar surface area (TPSA) is 81.7 Å². The summed E-state index contributed by atoms with van der Waals surface area (Å²) in [5.74, 6) is -0.811. The second-order valence-corrected chi connectivity index (χ2v) is 7.09. The van der Waals surface area contributed by atoms with Crippen molar-refractivity contribution >= 4 is 27.9 Å². The fourth-order valence-electron chi connectivity index (χ4n) is 2.94. The second-order valence-electron chi connectivity index (χ2n) is 6.17. The van der Waals surface area contributed by atoms with Gasteiger partial charge in [-0.25, -0.2) is 4.79 Å². The van der Waals surface area contributed by atoms with Crippen molar-refractivity contribution in [3.05, 3.63) is 34.3 Å². The molecule has 0 unspecified atom stereocenters. The number of urea groups is 1. The van der Waals surface area contributed by atoms with Crippen LogP contribution in [-0.2, 0) is 4.79 Å². The molecule has 0 radical (unpaired) electrons. The van der Waals surface area contributed by atoms with Crippen molar-refractivity contribution in [1.29, 1.82) is 0 Å². The van der Waals surface area contributed by atoms with Crippen LogP contribution < -0.4 is 10.6 Å². The van der Waals surface area contributed by atoms with Crippen LogP contribution in [0.1, 0.15) is 38.3 Å². The quantitative estimate of drug-likeness (QED) is 0.660. The Hall–Kier alpha value is -1.60. The van der Waals surface area contributed by atoms with Gasteiger partial charge < -0.3 is 15.7 Å². The largest absolute Gasteiger partial charge is 0.480 e. The first kappa shape index (κ1) is 18.7. The molecule has 1 saturated carbocycles. The number of carboxylic acid groups (broad SMARTS) is 1. The SMILES string of the molecule is CCN(CC(=O)O)C1CC(NC(=O)N[C@@H](C)c2ccc(Br)cc2)C1. The molecule has 0 aromatic heterocycles. The summed E-state index contributed by atoms with van der Waals surface area (Å²) in [6, 6.07) is 7.92. The number of hydrogen-bond donors (Lipinski definition) is 3. The molecular weight excluding hydrogens is 374 g/mol. The first-order valence-corrected chi connectivity index (χ1v) is 8.96. The molecule has 2 rings (SSSR count). The van der Waals surface area contributed by atoms with Crippen molar-refractivity contribution in [1.82, 2.24) is 15.5 Å². The van der Waals surface area contributed by atoms with Crippen molar-refractivity contribution in [3.63, 3.8) is 0 Å². The Morgan fingerprint density at radius 1 is 1.33 bits per heavy atom. The van der Waals surface area contributed by atoms with Crippen molar-refractivity contribution in [2.24, 2.45) is 0 Å². The minimum atomic E-state index is -0.811. The number of amides is 2. The Morgan fingerprint density at radius 2 is 1.96 bits per heavy atom. The van der Waals surface area contributed by atoms with Gasteiger partial charge in [0, 0.05) is 16.6 Å². The fourth-order valence-corrected chi connectivity index (χ4v) is 3.20. The zero-order valence-electron chi connectivity index (χ0n) is 14.0. The van der Waals surface area contributed by atoms with E-state index in [1.807, 2.05) is 43.0 Å². The molecule has 6 nitrogen and oxygen atoms in total. The van der Waals surface area contributed by atoms with Crippen LogP contribution in [0.5, 0.6) is 0 Å². The van der Waals surface area contributed by atoms with E-state index in [4.69, 9.17) is 5.11 Å². The zero-order chi connectivity index (χ0) is 17.7. The number of rotatable bonds is 7. The summed E-state index contributed by atoms with van der Waals surface area (Å²) in [5.41, 5.74) is 1.04. The van der Waals surface area contributed by atoms with E-state index < -0.39 is 5.97 Å². The molecule has 132 valence electrons. The molecule has 0 spiro atoms. The molecule has 7 heteroatoms. The lowest BCUT2D eigenvalue weighted by Gasteiger charge is -2.42. The summed E-state index contributed by atoms with van der Waals surface area (Å²) in [7, 11) is 0. The van der Waals surface area contributed by atoms with Crippen LogP contribution >= 0.6 is 15.9 Å². The number of carbonyl (C=O) groups is 2. The highest BCUT2D eigenvalue weighted by molar-refractivity contribution is 9.10. The summed E-state index contributed by atoms with van der Waals surface area (Å²) in [6.07, 6.45) is 1.59. The van der Waals surface area contributed by atoms with E-state index in [0.29, 0.717) is 6.54 Å². The van der Waals surface area contributed by atoms with Crippen LogP contribution in [0.15, 0.2) is 28.7 Å². The number of carbonyl (C=O) groups excluding carboxylic acids is 1. The van der Waals surface area contributed by atoms with Crippen LogP contribution in [-0.4, -0.2) is 47.2 Å². The minimum absolute atomic E-state index is 0.0562. The smallest absolute Gasteiger partial charge is 0.317 e. The third-order valence-corrected chi connectivity index (χ3v) is 4.96. The van der Waals surface area contributed by atoms with E-state index in [1.54, 1.807) is 0 Å². The molecule has 0 saturated heterocycles. The van der Waals surface area contributed by atoms with Gasteiger partial charge in [-0.15, -0.1) is 0 Å². The second kappa shape index (κ2) is 8.48. The number of nitrogens with one attached hydrogen (secondary N) is 2. The lowest BCUT2D eigenvalue weighted by molar-refractivity contribution is -0.139. The van der Waals surface area contributed by atoms with Gasteiger partial charge in [0.05, 0.1) is 12.6 Å². The molecule has 2 amide bonds. The molecule has 3 N–H and O–H groups in total. The summed E-state index contributed by atoms with van der Waals surface area (Å²) < 4.78 is 1.00. The van der Waals surface area contributed by atoms with Gasteiger partial charge in [0.1, 0.15) is 0 Å². The van der Waals surface area contributed by atoms with Gasteiger partial charge in [0.15, 0.2) is 0 Å². The molecule has 1 aliphatic carbocycles. The normalized spacial score (nSPS) is 21.0. The van der Waals surface area contributed by atoms with Gasteiger partial charge in [0.2, 0.25) is 0 Å². The predicted molar refractivity (Wildman–Crippen MR) is 95.9 cm³/mol. The lowest BCUT2D eigenvalue weighted by Crippen LogP contribution is -2.56. The lowest BCUT2D eigenvalue weighted by atomic mass is 9.85. The maximum atomic E-state index is 12.1. The molecule has 0 aliphatic heterocycles. The van der Waals surface area contributed by atoms with E-state index in [0.717, 1.165) is 22.9 Å². The third-order valence-electron chi connectivity index (χ3n) is 4.43. The first-order chi connectivity index (χ1) is 11.4. The fraction of sp³-hybridized carbons (Fsp3) is 0.529. The summed E-state index contributed by atoms with van der Waals surface area (Å²) >= 11 is 3.39. The zero-order valence-corrected chi connectivity index (χ0v) is 15.5. The van der Waals surface area contributed by atoms with E-state index in [1.165, 1.54) is 0 Å². The summed E-state index contributed by atoms with van der Waals surface area (Å²) in [5, 5.41) is 14.8.